The molecule has 2 heterocycles. The van der Waals surface area contributed by atoms with Crippen LogP contribution in [0.25, 0.3) is 21.3 Å². The minimum Gasteiger partial charge on any atom is -0.507 e. The predicted molar refractivity (Wildman–Crippen MR) is 150 cm³/mol. The summed E-state index contributed by atoms with van der Waals surface area (Å²) < 4.78 is 2.46. The fraction of sp³-hybridized carbons (Fsp3) is 0.167. The number of aromatic nitrogens is 2. The maximum Gasteiger partial charge on any atom is 0.342 e. The Hall–Kier alpha value is -4.43. The van der Waals surface area contributed by atoms with Gasteiger partial charge in [-0.15, -0.1) is 11.3 Å². The molecule has 0 bridgehead atoms. The van der Waals surface area contributed by atoms with Gasteiger partial charge in [0.25, 0.3) is 5.91 Å². The van der Waals surface area contributed by atoms with Crippen LogP contribution in [0.5, 0.6) is 5.75 Å². The zero-order valence-corrected chi connectivity index (χ0v) is 21.6. The Morgan fingerprint density at radius 1 is 1.03 bits per heavy atom. The number of hydrogen-bond donors (Lipinski definition) is 3. The van der Waals surface area contributed by atoms with E-state index in [2.05, 4.69) is 15.7 Å². The number of phenolic OH excluding ortho intramolecular Hbond substituents is 1. The molecule has 2 amide bonds. The van der Waals surface area contributed by atoms with Crippen LogP contribution in [-0.2, 0) is 6.54 Å². The molecule has 0 radical (unpaired) electrons. The van der Waals surface area contributed by atoms with Gasteiger partial charge in [0.2, 0.25) is 0 Å². The van der Waals surface area contributed by atoms with Crippen LogP contribution in [0, 0.1) is 6.92 Å². The molecule has 1 fully saturated rings. The van der Waals surface area contributed by atoms with Gasteiger partial charge in [0.05, 0.1) is 16.3 Å². The molecule has 6 rings (SSSR count). The number of fused-ring (bicyclic) bond motifs is 1. The summed E-state index contributed by atoms with van der Waals surface area (Å²) in [6, 6.07) is 24.2. The van der Waals surface area contributed by atoms with E-state index in [0.717, 1.165) is 39.7 Å². The molecule has 0 atom stereocenters. The lowest BCUT2D eigenvalue weighted by Gasteiger charge is -2.08. The van der Waals surface area contributed by atoms with E-state index in [9.17, 15) is 14.7 Å². The van der Waals surface area contributed by atoms with Gasteiger partial charge in [0.1, 0.15) is 5.75 Å². The maximum absolute atomic E-state index is 13.0. The second kappa shape index (κ2) is 9.79. The van der Waals surface area contributed by atoms with Gasteiger partial charge in [-0.1, -0.05) is 48.0 Å². The molecular formula is C30H26N4O3S. The second-order valence-corrected chi connectivity index (χ2v) is 10.7. The minimum absolute atomic E-state index is 0.0219. The summed E-state index contributed by atoms with van der Waals surface area (Å²) in [6.07, 6.45) is 2.01. The van der Waals surface area contributed by atoms with Gasteiger partial charge >= 0.3 is 6.03 Å². The highest BCUT2D eigenvalue weighted by atomic mass is 32.1. The van der Waals surface area contributed by atoms with Gasteiger partial charge in [-0.2, -0.15) is 9.78 Å². The number of nitrogens with one attached hydrogen (secondary N) is 2. The monoisotopic (exact) mass is 522 g/mol. The number of phenols is 1. The molecule has 190 valence electrons. The van der Waals surface area contributed by atoms with Crippen LogP contribution in [0.4, 0.5) is 10.5 Å². The van der Waals surface area contributed by atoms with Crippen molar-refractivity contribution in [3.05, 3.63) is 101 Å². The van der Waals surface area contributed by atoms with Gasteiger partial charge in [0, 0.05) is 34.5 Å². The minimum atomic E-state index is -0.300. The number of aryl methyl sites for hydroxylation is 1. The Morgan fingerprint density at radius 2 is 1.87 bits per heavy atom. The Labute approximate surface area is 223 Å². The first kappa shape index (κ1) is 23.9. The van der Waals surface area contributed by atoms with Crippen LogP contribution in [0.2, 0.25) is 0 Å². The van der Waals surface area contributed by atoms with Crippen molar-refractivity contribution in [3.8, 4) is 17.0 Å². The number of aromatic hydroxyl groups is 1. The first-order valence-corrected chi connectivity index (χ1v) is 13.3. The molecule has 38 heavy (non-hydrogen) atoms. The van der Waals surface area contributed by atoms with Crippen molar-refractivity contribution in [3.63, 3.8) is 0 Å². The lowest BCUT2D eigenvalue weighted by atomic mass is 10.1. The molecule has 1 aliphatic carbocycles. The molecular weight excluding hydrogens is 496 g/mol. The zero-order chi connectivity index (χ0) is 26.2. The van der Waals surface area contributed by atoms with Crippen LogP contribution < -0.4 is 10.6 Å². The fourth-order valence-electron chi connectivity index (χ4n) is 4.55. The number of anilines is 1. The molecule has 5 aromatic rings. The molecule has 0 unspecified atom stereocenters. The second-order valence-electron chi connectivity index (χ2n) is 9.62. The van der Waals surface area contributed by atoms with Crippen molar-refractivity contribution in [1.82, 2.24) is 15.1 Å². The van der Waals surface area contributed by atoms with Crippen molar-refractivity contribution < 1.29 is 14.7 Å². The largest absolute Gasteiger partial charge is 0.507 e. The Bertz CT molecular complexity index is 1650. The van der Waals surface area contributed by atoms with Gasteiger partial charge < -0.3 is 15.7 Å². The average Bonchev–Trinajstić information content (AvgIpc) is 3.50. The molecule has 3 N–H and O–H groups in total. The Balaban J connectivity index is 1.20. The normalized spacial score (nSPS) is 13.0. The van der Waals surface area contributed by atoms with E-state index in [4.69, 9.17) is 0 Å². The Morgan fingerprint density at radius 3 is 2.63 bits per heavy atom. The molecule has 7 nitrogen and oxygen atoms in total. The van der Waals surface area contributed by atoms with Crippen LogP contribution >= 0.6 is 11.3 Å². The predicted octanol–water partition coefficient (Wildman–Crippen LogP) is 6.67. The smallest absolute Gasteiger partial charge is 0.342 e. The lowest BCUT2D eigenvalue weighted by Crippen LogP contribution is -2.30. The van der Waals surface area contributed by atoms with Crippen molar-refractivity contribution >= 4 is 39.0 Å². The summed E-state index contributed by atoms with van der Waals surface area (Å²) in [5.74, 6) is 0.0261. The summed E-state index contributed by atoms with van der Waals surface area (Å²) in [6.45, 7) is 2.42. The van der Waals surface area contributed by atoms with Crippen LogP contribution in [-0.4, -0.2) is 26.8 Å². The summed E-state index contributed by atoms with van der Waals surface area (Å²) in [5.41, 5.74) is 4.48. The van der Waals surface area contributed by atoms with Gasteiger partial charge in [-0.3, -0.25) is 4.79 Å². The van der Waals surface area contributed by atoms with E-state index in [1.807, 2.05) is 67.6 Å². The SMILES string of the molecule is Cc1cccc(CNC(=O)n2nc(-c3ccc(NC(=O)c4cc5ccccc5s4)cc3O)cc2C2CC2)c1. The summed E-state index contributed by atoms with van der Waals surface area (Å²) in [5, 5.41) is 22.2. The van der Waals surface area contributed by atoms with Crippen LogP contribution in [0.1, 0.15) is 45.3 Å². The van der Waals surface area contributed by atoms with Crippen LogP contribution in [0.3, 0.4) is 0 Å². The van der Waals surface area contributed by atoms with Crippen molar-refractivity contribution in [2.24, 2.45) is 0 Å². The van der Waals surface area contributed by atoms with Crippen molar-refractivity contribution in [2.45, 2.75) is 32.2 Å². The number of carbonyl (C=O) groups excluding carboxylic acids is 2. The number of rotatable bonds is 6. The highest BCUT2D eigenvalue weighted by molar-refractivity contribution is 7.20. The third kappa shape index (κ3) is 4.90. The summed E-state index contributed by atoms with van der Waals surface area (Å²) in [7, 11) is 0. The molecule has 1 saturated carbocycles. The van der Waals surface area contributed by atoms with Gasteiger partial charge in [0.15, 0.2) is 0 Å². The van der Waals surface area contributed by atoms with Crippen molar-refractivity contribution in [1.29, 1.82) is 0 Å². The number of amides is 2. The lowest BCUT2D eigenvalue weighted by molar-refractivity contribution is 0.103. The topological polar surface area (TPSA) is 96.3 Å². The first-order valence-electron chi connectivity index (χ1n) is 12.5. The van der Waals surface area contributed by atoms with Gasteiger partial charge in [-0.05, 0) is 61.0 Å². The average molecular weight is 523 g/mol. The van der Waals surface area contributed by atoms with E-state index < -0.39 is 0 Å². The van der Waals surface area contributed by atoms with E-state index in [-0.39, 0.29) is 23.6 Å². The summed E-state index contributed by atoms with van der Waals surface area (Å²) in [4.78, 5) is 26.4. The fourth-order valence-corrected chi connectivity index (χ4v) is 5.50. The van der Waals surface area contributed by atoms with Crippen LogP contribution in [0.15, 0.2) is 78.9 Å². The Kier molecular flexibility index (Phi) is 6.17. The molecule has 8 heteroatoms. The van der Waals surface area contributed by atoms with Gasteiger partial charge in [-0.25, -0.2) is 4.79 Å². The standard InChI is InChI=1S/C30H26N4O3S/c1-18-5-4-6-19(13-18)17-31-30(37)34-25(20-9-10-20)16-24(33-34)23-12-11-22(15-26(23)35)32-29(36)28-14-21-7-2-3-8-27(21)38-28/h2-8,11-16,20,35H,9-10,17H2,1H3,(H,31,37)(H,32,36). The number of carbonyl (C=O) groups is 2. The molecule has 2 aromatic heterocycles. The zero-order valence-electron chi connectivity index (χ0n) is 20.8. The van der Waals surface area contributed by atoms with E-state index in [1.54, 1.807) is 12.1 Å². The molecule has 0 saturated heterocycles. The summed E-state index contributed by atoms with van der Waals surface area (Å²) >= 11 is 1.42. The third-order valence-electron chi connectivity index (χ3n) is 6.63. The molecule has 0 spiro atoms. The molecule has 1 aliphatic rings. The first-order chi connectivity index (χ1) is 18.4. The van der Waals surface area contributed by atoms with E-state index in [1.165, 1.54) is 22.1 Å². The quantitative estimate of drug-likeness (QED) is 0.232. The molecule has 0 aliphatic heterocycles. The number of hydrogen-bond acceptors (Lipinski definition) is 5. The number of benzene rings is 3. The van der Waals surface area contributed by atoms with Crippen molar-refractivity contribution in [2.75, 3.05) is 5.32 Å². The molecule has 3 aromatic carbocycles. The third-order valence-corrected chi connectivity index (χ3v) is 7.75. The maximum atomic E-state index is 13.0. The number of thiophene rings is 1. The van der Waals surface area contributed by atoms with E-state index in [0.29, 0.717) is 28.4 Å². The number of nitrogens with zero attached hydrogens (tertiary/aromatic N) is 2. The van der Waals surface area contributed by atoms with E-state index >= 15 is 0 Å². The highest BCUT2D eigenvalue weighted by Gasteiger charge is 2.30. The highest BCUT2D eigenvalue weighted by Crippen LogP contribution is 2.42.